The largest absolute Gasteiger partial charge is 0.464 e. The molecule has 0 aliphatic carbocycles. The minimum Gasteiger partial charge on any atom is -0.464 e. The van der Waals surface area contributed by atoms with E-state index in [4.69, 9.17) is 4.74 Å². The van der Waals surface area contributed by atoms with Gasteiger partial charge in [-0.3, -0.25) is 0 Å². The molecule has 0 aliphatic heterocycles. The molecule has 0 aromatic carbocycles. The standard InChI is InChI=1S/C12H22O4/c1-4-7-8-10(13)12(15,9-5-2)11(14)16-6-3/h5,10,13,15H,2,4,6-9H2,1,3H3/t10-,12-/m1/s1. The van der Waals surface area contributed by atoms with E-state index in [1.807, 2.05) is 6.92 Å². The van der Waals surface area contributed by atoms with E-state index in [1.54, 1.807) is 6.92 Å². The molecule has 2 atom stereocenters. The minimum atomic E-state index is -1.85. The Morgan fingerprint density at radius 1 is 1.56 bits per heavy atom. The number of hydrogen-bond acceptors (Lipinski definition) is 4. The molecule has 0 spiro atoms. The number of unbranched alkanes of at least 4 members (excludes halogenated alkanes) is 1. The molecule has 16 heavy (non-hydrogen) atoms. The van der Waals surface area contributed by atoms with Crippen LogP contribution in [0.4, 0.5) is 0 Å². The van der Waals surface area contributed by atoms with Crippen LogP contribution in [0.5, 0.6) is 0 Å². The summed E-state index contributed by atoms with van der Waals surface area (Å²) in [6.07, 6.45) is 2.32. The first-order valence-corrected chi connectivity index (χ1v) is 5.71. The van der Waals surface area contributed by atoms with E-state index < -0.39 is 17.7 Å². The Morgan fingerprint density at radius 3 is 2.62 bits per heavy atom. The number of hydrogen-bond donors (Lipinski definition) is 2. The normalized spacial score (nSPS) is 16.2. The van der Waals surface area contributed by atoms with E-state index in [0.29, 0.717) is 6.42 Å². The van der Waals surface area contributed by atoms with E-state index in [0.717, 1.165) is 12.8 Å². The Balaban J connectivity index is 4.64. The summed E-state index contributed by atoms with van der Waals surface area (Å²) < 4.78 is 4.76. The van der Waals surface area contributed by atoms with Crippen LogP contribution in [0.25, 0.3) is 0 Å². The minimum absolute atomic E-state index is 0.00326. The molecule has 0 rings (SSSR count). The molecule has 0 heterocycles. The van der Waals surface area contributed by atoms with Gasteiger partial charge in [0.25, 0.3) is 0 Å². The maximum atomic E-state index is 11.6. The zero-order chi connectivity index (χ0) is 12.6. The van der Waals surface area contributed by atoms with Crippen molar-refractivity contribution in [3.63, 3.8) is 0 Å². The summed E-state index contributed by atoms with van der Waals surface area (Å²) in [5, 5.41) is 19.9. The number of aliphatic hydroxyl groups is 2. The van der Waals surface area contributed by atoms with Gasteiger partial charge in [-0.25, -0.2) is 4.79 Å². The number of esters is 1. The number of ether oxygens (including phenoxy) is 1. The Kier molecular flexibility index (Phi) is 7.01. The molecule has 0 aliphatic rings. The average molecular weight is 230 g/mol. The topological polar surface area (TPSA) is 66.8 Å². The predicted octanol–water partition coefficient (Wildman–Crippen LogP) is 1.41. The van der Waals surface area contributed by atoms with Gasteiger partial charge in [-0.1, -0.05) is 25.8 Å². The van der Waals surface area contributed by atoms with Gasteiger partial charge >= 0.3 is 5.97 Å². The second-order valence-corrected chi connectivity index (χ2v) is 3.80. The van der Waals surface area contributed by atoms with Crippen molar-refractivity contribution < 1.29 is 19.7 Å². The lowest BCUT2D eigenvalue weighted by Gasteiger charge is -2.29. The van der Waals surface area contributed by atoms with Crippen LogP contribution in [-0.4, -0.2) is 34.5 Å². The zero-order valence-electron chi connectivity index (χ0n) is 10.1. The number of carbonyl (C=O) groups is 1. The fraction of sp³-hybridized carbons (Fsp3) is 0.750. The summed E-state index contributed by atoms with van der Waals surface area (Å²) in [6.45, 7) is 7.28. The fourth-order valence-electron chi connectivity index (χ4n) is 1.47. The Bertz CT molecular complexity index is 227. The van der Waals surface area contributed by atoms with Crippen molar-refractivity contribution in [1.82, 2.24) is 0 Å². The van der Waals surface area contributed by atoms with E-state index in [9.17, 15) is 15.0 Å². The van der Waals surface area contributed by atoms with Crippen LogP contribution in [0.3, 0.4) is 0 Å². The second kappa shape index (κ2) is 7.41. The SMILES string of the molecule is C=CC[C@](O)(C(=O)OCC)[C@H](O)CCCC. The van der Waals surface area contributed by atoms with E-state index in [-0.39, 0.29) is 13.0 Å². The zero-order valence-corrected chi connectivity index (χ0v) is 10.1. The van der Waals surface area contributed by atoms with Crippen LogP contribution < -0.4 is 0 Å². The number of aliphatic hydroxyl groups excluding tert-OH is 1. The number of carbonyl (C=O) groups excluding carboxylic acids is 1. The van der Waals surface area contributed by atoms with E-state index in [2.05, 4.69) is 6.58 Å². The molecule has 2 N–H and O–H groups in total. The highest BCUT2D eigenvalue weighted by atomic mass is 16.6. The summed E-state index contributed by atoms with van der Waals surface area (Å²) >= 11 is 0. The fourth-order valence-corrected chi connectivity index (χ4v) is 1.47. The van der Waals surface area contributed by atoms with Crippen LogP contribution in [0.1, 0.15) is 39.5 Å². The van der Waals surface area contributed by atoms with Gasteiger partial charge in [0.1, 0.15) is 0 Å². The molecule has 0 aromatic heterocycles. The molecule has 0 radical (unpaired) electrons. The van der Waals surface area contributed by atoms with Gasteiger partial charge in [0.2, 0.25) is 0 Å². The monoisotopic (exact) mass is 230 g/mol. The van der Waals surface area contributed by atoms with Crippen LogP contribution in [0.2, 0.25) is 0 Å². The quantitative estimate of drug-likeness (QED) is 0.488. The molecule has 0 saturated heterocycles. The first-order valence-electron chi connectivity index (χ1n) is 5.71. The Hall–Kier alpha value is -0.870. The molecule has 4 heteroatoms. The summed E-state index contributed by atoms with van der Waals surface area (Å²) in [5.41, 5.74) is -1.85. The van der Waals surface area contributed by atoms with Gasteiger partial charge in [0.05, 0.1) is 12.7 Å². The maximum Gasteiger partial charge on any atom is 0.341 e. The van der Waals surface area contributed by atoms with Gasteiger partial charge in [0, 0.05) is 6.42 Å². The van der Waals surface area contributed by atoms with E-state index >= 15 is 0 Å². The molecule has 0 aromatic rings. The highest BCUT2D eigenvalue weighted by molar-refractivity contribution is 5.80. The third-order valence-corrected chi connectivity index (χ3v) is 2.47. The summed E-state index contributed by atoms with van der Waals surface area (Å²) in [5.74, 6) is -0.779. The third-order valence-electron chi connectivity index (χ3n) is 2.47. The van der Waals surface area contributed by atoms with Crippen LogP contribution >= 0.6 is 0 Å². The highest BCUT2D eigenvalue weighted by Gasteiger charge is 2.43. The average Bonchev–Trinajstić information content (AvgIpc) is 2.26. The molecule has 0 bridgehead atoms. The third kappa shape index (κ3) is 3.94. The van der Waals surface area contributed by atoms with Crippen LogP contribution in [0, 0.1) is 0 Å². The molecule has 0 unspecified atom stereocenters. The lowest BCUT2D eigenvalue weighted by Crippen LogP contribution is -2.50. The first kappa shape index (κ1) is 15.1. The Labute approximate surface area is 96.9 Å². The van der Waals surface area contributed by atoms with Gasteiger partial charge in [0.15, 0.2) is 5.60 Å². The smallest absolute Gasteiger partial charge is 0.341 e. The number of rotatable bonds is 8. The molecule has 0 amide bonds. The first-order chi connectivity index (χ1) is 7.52. The van der Waals surface area contributed by atoms with E-state index in [1.165, 1.54) is 6.08 Å². The van der Waals surface area contributed by atoms with Crippen molar-refractivity contribution >= 4 is 5.97 Å². The van der Waals surface area contributed by atoms with Crippen molar-refractivity contribution in [2.45, 2.75) is 51.2 Å². The van der Waals surface area contributed by atoms with Crippen LogP contribution in [0.15, 0.2) is 12.7 Å². The van der Waals surface area contributed by atoms with Crippen LogP contribution in [-0.2, 0) is 9.53 Å². The lowest BCUT2D eigenvalue weighted by molar-refractivity contribution is -0.178. The van der Waals surface area contributed by atoms with Crippen molar-refractivity contribution in [1.29, 1.82) is 0 Å². The molecular formula is C12H22O4. The van der Waals surface area contributed by atoms with Crippen molar-refractivity contribution in [2.24, 2.45) is 0 Å². The van der Waals surface area contributed by atoms with Gasteiger partial charge in [-0.05, 0) is 13.3 Å². The van der Waals surface area contributed by atoms with Gasteiger partial charge in [-0.15, -0.1) is 6.58 Å². The molecule has 0 saturated carbocycles. The second-order valence-electron chi connectivity index (χ2n) is 3.80. The summed E-state index contributed by atoms with van der Waals surface area (Å²) in [7, 11) is 0. The maximum absolute atomic E-state index is 11.6. The molecular weight excluding hydrogens is 208 g/mol. The molecule has 0 fully saturated rings. The predicted molar refractivity (Wildman–Crippen MR) is 61.9 cm³/mol. The van der Waals surface area contributed by atoms with Gasteiger partial charge < -0.3 is 14.9 Å². The molecule has 94 valence electrons. The Morgan fingerprint density at radius 2 is 2.19 bits per heavy atom. The lowest BCUT2D eigenvalue weighted by atomic mass is 9.89. The summed E-state index contributed by atoms with van der Waals surface area (Å²) in [4.78, 5) is 11.6. The van der Waals surface area contributed by atoms with Crippen molar-refractivity contribution in [2.75, 3.05) is 6.61 Å². The van der Waals surface area contributed by atoms with Crippen molar-refractivity contribution in [3.05, 3.63) is 12.7 Å². The molecule has 4 nitrogen and oxygen atoms in total. The highest BCUT2D eigenvalue weighted by Crippen LogP contribution is 2.22. The summed E-state index contributed by atoms with van der Waals surface area (Å²) in [6, 6.07) is 0. The van der Waals surface area contributed by atoms with Crippen molar-refractivity contribution in [3.8, 4) is 0 Å². The van der Waals surface area contributed by atoms with Gasteiger partial charge in [-0.2, -0.15) is 0 Å².